The van der Waals surface area contributed by atoms with E-state index in [1.807, 2.05) is 24.3 Å². The molecule has 168 valence electrons. The third-order valence-electron chi connectivity index (χ3n) is 8.95. The Bertz CT molecular complexity index is 2050. The molecule has 0 N–H and O–H groups in total. The van der Waals surface area contributed by atoms with E-state index in [0.29, 0.717) is 0 Å². The lowest BCUT2D eigenvalue weighted by Gasteiger charge is -2.33. The Labute approximate surface area is 207 Å². The van der Waals surface area contributed by atoms with Crippen molar-refractivity contribution in [2.45, 2.75) is 25.2 Å². The minimum Gasteiger partial charge on any atom is -0.293 e. The molecule has 36 heavy (non-hydrogen) atoms. The molecule has 9 rings (SSSR count). The summed E-state index contributed by atoms with van der Waals surface area (Å²) < 4.78 is 0. The maximum atomic E-state index is 13.6. The number of benzene rings is 5. The van der Waals surface area contributed by atoms with Gasteiger partial charge in [-0.2, -0.15) is 0 Å². The summed E-state index contributed by atoms with van der Waals surface area (Å²) in [4.78, 5) is 27.1. The van der Waals surface area contributed by atoms with Crippen LogP contribution in [-0.2, 0) is 4.79 Å². The summed E-state index contributed by atoms with van der Waals surface area (Å²) in [6.45, 7) is 0. The van der Waals surface area contributed by atoms with Gasteiger partial charge < -0.3 is 0 Å². The van der Waals surface area contributed by atoms with Crippen molar-refractivity contribution in [1.82, 2.24) is 0 Å². The normalized spacial score (nSPS) is 19.2. The summed E-state index contributed by atoms with van der Waals surface area (Å²) in [7, 11) is 0. The van der Waals surface area contributed by atoms with Crippen LogP contribution in [0.5, 0.6) is 0 Å². The number of carbonyl (C=O) groups excluding carboxylic acids is 2. The second-order valence-electron chi connectivity index (χ2n) is 10.5. The summed E-state index contributed by atoms with van der Waals surface area (Å²) in [5.74, 6) is 0.268. The van der Waals surface area contributed by atoms with Gasteiger partial charge in [0.15, 0.2) is 11.6 Å². The molecular formula is C34H20O2. The molecule has 4 aliphatic rings. The Morgan fingerprint density at radius 3 is 2.31 bits per heavy atom. The van der Waals surface area contributed by atoms with Crippen LogP contribution in [0.3, 0.4) is 0 Å². The first-order chi connectivity index (χ1) is 17.7. The Balaban J connectivity index is 1.49. The van der Waals surface area contributed by atoms with Crippen molar-refractivity contribution >= 4 is 55.5 Å². The van der Waals surface area contributed by atoms with Crippen LogP contribution in [0.2, 0.25) is 0 Å². The molecule has 0 spiro atoms. The lowest BCUT2D eigenvalue weighted by Crippen LogP contribution is -2.27. The zero-order valence-corrected chi connectivity index (χ0v) is 19.5. The number of hydrogen-bond donors (Lipinski definition) is 0. The molecule has 0 radical (unpaired) electrons. The van der Waals surface area contributed by atoms with Gasteiger partial charge in [-0.25, -0.2) is 0 Å². The molecular weight excluding hydrogens is 440 g/mol. The Morgan fingerprint density at radius 1 is 0.667 bits per heavy atom. The van der Waals surface area contributed by atoms with E-state index >= 15 is 0 Å². The van der Waals surface area contributed by atoms with Crippen molar-refractivity contribution in [3.05, 3.63) is 106 Å². The molecule has 2 nitrogen and oxygen atoms in total. The number of Topliss-reactive ketones (excluding diaryl/α,β-unsaturated/α-hetero) is 1. The first kappa shape index (κ1) is 19.0. The van der Waals surface area contributed by atoms with E-state index in [1.165, 1.54) is 48.8 Å². The van der Waals surface area contributed by atoms with Crippen LogP contribution < -0.4 is 5.22 Å². The molecule has 4 aliphatic carbocycles. The second-order valence-corrected chi connectivity index (χ2v) is 10.5. The highest BCUT2D eigenvalue weighted by molar-refractivity contribution is 6.34. The summed E-state index contributed by atoms with van der Waals surface area (Å²) in [5, 5.41) is 8.25. The first-order valence-corrected chi connectivity index (χ1v) is 12.8. The van der Waals surface area contributed by atoms with Crippen LogP contribution in [0.25, 0.3) is 55.1 Å². The van der Waals surface area contributed by atoms with Gasteiger partial charge in [0.25, 0.3) is 0 Å². The van der Waals surface area contributed by atoms with Crippen molar-refractivity contribution in [1.29, 1.82) is 0 Å². The summed E-state index contributed by atoms with van der Waals surface area (Å²) in [5.41, 5.74) is 8.35. The number of carbonyl (C=O) groups is 2. The van der Waals surface area contributed by atoms with Gasteiger partial charge in [-0.15, -0.1) is 0 Å². The van der Waals surface area contributed by atoms with E-state index in [1.54, 1.807) is 0 Å². The third kappa shape index (κ3) is 2.03. The quantitative estimate of drug-likeness (QED) is 0.180. The highest BCUT2D eigenvalue weighted by Gasteiger charge is 2.37. The van der Waals surface area contributed by atoms with Crippen molar-refractivity contribution in [3.8, 4) is 11.1 Å². The highest BCUT2D eigenvalue weighted by atomic mass is 16.1. The predicted octanol–water partition coefficient (Wildman–Crippen LogP) is 7.03. The van der Waals surface area contributed by atoms with Crippen LogP contribution in [0.15, 0.2) is 78.4 Å². The van der Waals surface area contributed by atoms with Crippen LogP contribution in [0.1, 0.15) is 52.2 Å². The average Bonchev–Trinajstić information content (AvgIpc) is 2.94. The first-order valence-electron chi connectivity index (χ1n) is 12.8. The number of allylic oxidation sites excluding steroid dienone is 4. The van der Waals surface area contributed by atoms with Crippen LogP contribution in [-0.4, -0.2) is 11.6 Å². The van der Waals surface area contributed by atoms with Gasteiger partial charge in [-0.05, 0) is 85.3 Å². The number of fused-ring (bicyclic) bond motifs is 5. The van der Waals surface area contributed by atoms with Gasteiger partial charge in [0.1, 0.15) is 0 Å². The third-order valence-corrected chi connectivity index (χ3v) is 8.95. The minimum absolute atomic E-state index is 0.103. The van der Waals surface area contributed by atoms with Gasteiger partial charge in [0.05, 0.1) is 5.92 Å². The van der Waals surface area contributed by atoms with E-state index in [-0.39, 0.29) is 17.5 Å². The number of rotatable bonds is 0. The van der Waals surface area contributed by atoms with Gasteiger partial charge in [-0.1, -0.05) is 72.8 Å². The zero-order valence-electron chi connectivity index (χ0n) is 19.5. The molecule has 0 heterocycles. The summed E-state index contributed by atoms with van der Waals surface area (Å²) >= 11 is 0. The van der Waals surface area contributed by atoms with Crippen molar-refractivity contribution < 1.29 is 9.59 Å². The maximum Gasteiger partial charge on any atom is 0.194 e. The summed E-state index contributed by atoms with van der Waals surface area (Å²) in [6, 6.07) is 21.1. The molecule has 0 saturated carbocycles. The molecule has 0 aliphatic heterocycles. The SMILES string of the molecule is O=C1c2ccccc2-c2ccc3c4ccc5c6c4c(c4ccc1c2c43)=CCC6C(=O)C1=C5CCC=C1. The lowest BCUT2D eigenvalue weighted by atomic mass is 9.69. The van der Waals surface area contributed by atoms with Crippen molar-refractivity contribution in [2.75, 3.05) is 0 Å². The van der Waals surface area contributed by atoms with Gasteiger partial charge in [0, 0.05) is 22.1 Å². The molecule has 0 bridgehead atoms. The van der Waals surface area contributed by atoms with E-state index < -0.39 is 0 Å². The lowest BCUT2D eigenvalue weighted by molar-refractivity contribution is -0.116. The summed E-state index contributed by atoms with van der Waals surface area (Å²) in [6.07, 6.45) is 9.11. The fourth-order valence-corrected chi connectivity index (χ4v) is 7.48. The molecule has 5 aromatic carbocycles. The van der Waals surface area contributed by atoms with Gasteiger partial charge in [-0.3, -0.25) is 9.59 Å². The molecule has 0 aromatic heterocycles. The molecule has 0 amide bonds. The molecule has 1 unspecified atom stereocenters. The monoisotopic (exact) mass is 460 g/mol. The predicted molar refractivity (Wildman–Crippen MR) is 145 cm³/mol. The van der Waals surface area contributed by atoms with Gasteiger partial charge in [0.2, 0.25) is 0 Å². The van der Waals surface area contributed by atoms with Crippen molar-refractivity contribution in [2.24, 2.45) is 0 Å². The fraction of sp³-hybridized carbons (Fsp3) is 0.118. The van der Waals surface area contributed by atoms with E-state index in [0.717, 1.165) is 52.5 Å². The van der Waals surface area contributed by atoms with Crippen molar-refractivity contribution in [3.63, 3.8) is 0 Å². The standard InChI is InChI=1S/C34H20O2/c35-33-25-7-3-1-5-17(25)19-9-11-21-22-12-10-20-18-6-2-4-8-26(18)34(36)28-16-14-24(30(22)32(20)28)23-13-15-27(33)31(19)29(21)23/h1,3-5,7-15,28H,2,6,16H2. The minimum atomic E-state index is -0.108. The second kappa shape index (κ2) is 6.27. The average molecular weight is 461 g/mol. The number of hydrogen-bond acceptors (Lipinski definition) is 2. The largest absolute Gasteiger partial charge is 0.293 e. The van der Waals surface area contributed by atoms with Gasteiger partial charge >= 0.3 is 0 Å². The maximum absolute atomic E-state index is 13.6. The van der Waals surface area contributed by atoms with Crippen LogP contribution in [0, 0.1) is 0 Å². The molecule has 0 saturated heterocycles. The van der Waals surface area contributed by atoms with Crippen LogP contribution >= 0.6 is 0 Å². The molecule has 0 fully saturated rings. The number of ketones is 2. The smallest absolute Gasteiger partial charge is 0.194 e. The topological polar surface area (TPSA) is 34.1 Å². The Morgan fingerprint density at radius 2 is 1.42 bits per heavy atom. The fourth-order valence-electron chi connectivity index (χ4n) is 7.48. The zero-order chi connectivity index (χ0) is 23.7. The van der Waals surface area contributed by atoms with E-state index in [4.69, 9.17) is 0 Å². The van der Waals surface area contributed by atoms with Crippen LogP contribution in [0.4, 0.5) is 0 Å². The van der Waals surface area contributed by atoms with E-state index in [9.17, 15) is 9.59 Å². The Hall–Kier alpha value is -4.30. The molecule has 1 atom stereocenters. The highest BCUT2D eigenvalue weighted by Crippen LogP contribution is 2.49. The molecule has 2 heteroatoms. The van der Waals surface area contributed by atoms with E-state index in [2.05, 4.69) is 54.6 Å². The molecule has 5 aromatic rings. The Kier molecular flexibility index (Phi) is 3.30.